The van der Waals surface area contributed by atoms with Crippen molar-refractivity contribution in [1.29, 1.82) is 0 Å². The molecule has 174 valence electrons. The van der Waals surface area contributed by atoms with Gasteiger partial charge in [0.15, 0.2) is 6.61 Å². The van der Waals surface area contributed by atoms with E-state index >= 15 is 0 Å². The van der Waals surface area contributed by atoms with Gasteiger partial charge in [-0.1, -0.05) is 55.8 Å². The van der Waals surface area contributed by atoms with Gasteiger partial charge in [-0.15, -0.1) is 0 Å². The van der Waals surface area contributed by atoms with Crippen LogP contribution in [0.25, 0.3) is 0 Å². The quantitative estimate of drug-likeness (QED) is 0.552. The molecule has 1 aliphatic heterocycles. The van der Waals surface area contributed by atoms with Crippen molar-refractivity contribution in [2.24, 2.45) is 0 Å². The maximum absolute atomic E-state index is 12.6. The number of hydrogen-bond donors (Lipinski definition) is 0. The van der Waals surface area contributed by atoms with Crippen LogP contribution in [0.15, 0.2) is 53.4 Å². The van der Waals surface area contributed by atoms with E-state index in [0.29, 0.717) is 31.9 Å². The van der Waals surface area contributed by atoms with Gasteiger partial charge >= 0.3 is 0 Å². The van der Waals surface area contributed by atoms with E-state index in [0.717, 1.165) is 19.6 Å². The number of ether oxygens (including phenoxy) is 1. The molecule has 3 rings (SSSR count). The van der Waals surface area contributed by atoms with Crippen LogP contribution in [0.5, 0.6) is 5.75 Å². The predicted octanol–water partition coefficient (Wildman–Crippen LogP) is 3.09. The first-order valence-corrected chi connectivity index (χ1v) is 12.6. The van der Waals surface area contributed by atoms with Crippen molar-refractivity contribution in [3.8, 4) is 5.75 Å². The average molecular weight is 480 g/mol. The van der Waals surface area contributed by atoms with Crippen molar-refractivity contribution >= 4 is 27.5 Å². The van der Waals surface area contributed by atoms with Gasteiger partial charge in [-0.25, -0.2) is 8.42 Å². The summed E-state index contributed by atoms with van der Waals surface area (Å²) < 4.78 is 32.2. The summed E-state index contributed by atoms with van der Waals surface area (Å²) in [6, 6.07) is 14.6. The molecule has 2 aromatic carbocycles. The Hall–Kier alpha value is -2.13. The molecule has 0 N–H and O–H groups in total. The minimum Gasteiger partial charge on any atom is -0.482 e. The van der Waals surface area contributed by atoms with Gasteiger partial charge in [0, 0.05) is 45.8 Å². The highest BCUT2D eigenvalue weighted by atomic mass is 35.5. The minimum absolute atomic E-state index is 0.111. The summed E-state index contributed by atoms with van der Waals surface area (Å²) >= 11 is 6.25. The second-order valence-electron chi connectivity index (χ2n) is 7.61. The smallest absolute Gasteiger partial charge is 0.260 e. The van der Waals surface area contributed by atoms with Crippen molar-refractivity contribution in [2.45, 2.75) is 25.3 Å². The largest absolute Gasteiger partial charge is 0.482 e. The van der Waals surface area contributed by atoms with Gasteiger partial charge in [-0.2, -0.15) is 4.31 Å². The zero-order valence-electron chi connectivity index (χ0n) is 18.5. The zero-order valence-corrected chi connectivity index (χ0v) is 20.1. The summed E-state index contributed by atoms with van der Waals surface area (Å²) in [6.45, 7) is 7.95. The molecule has 1 saturated heterocycles. The Labute approximate surface area is 195 Å². The van der Waals surface area contributed by atoms with Crippen LogP contribution in [0.1, 0.15) is 19.4 Å². The third-order valence-electron chi connectivity index (χ3n) is 5.57. The predicted molar refractivity (Wildman–Crippen MR) is 125 cm³/mol. The van der Waals surface area contributed by atoms with Crippen LogP contribution in [-0.4, -0.2) is 74.3 Å². The molecular formula is C23H30ClN3O4S. The summed E-state index contributed by atoms with van der Waals surface area (Å²) in [6.07, 6.45) is 0. The molecule has 9 heteroatoms. The Balaban J connectivity index is 1.52. The van der Waals surface area contributed by atoms with Crippen LogP contribution in [0, 0.1) is 0 Å². The highest BCUT2D eigenvalue weighted by molar-refractivity contribution is 7.89. The summed E-state index contributed by atoms with van der Waals surface area (Å²) in [5.41, 5.74) is 1.26. The lowest BCUT2D eigenvalue weighted by Crippen LogP contribution is -2.49. The third-order valence-corrected chi connectivity index (χ3v) is 7.91. The Kier molecular flexibility index (Phi) is 8.53. The number of rotatable bonds is 9. The molecule has 1 fully saturated rings. The van der Waals surface area contributed by atoms with E-state index in [2.05, 4.69) is 17.0 Å². The molecule has 1 heterocycles. The molecule has 0 radical (unpaired) electrons. The molecule has 0 saturated carbocycles. The summed E-state index contributed by atoms with van der Waals surface area (Å²) in [4.78, 5) is 16.8. The molecule has 0 aromatic heterocycles. The number of nitrogens with zero attached hydrogens (tertiary/aromatic N) is 3. The van der Waals surface area contributed by atoms with Crippen molar-refractivity contribution in [2.75, 3.05) is 45.9 Å². The summed E-state index contributed by atoms with van der Waals surface area (Å²) in [5.74, 6) is 0.182. The number of hydrogen-bond acceptors (Lipinski definition) is 5. The van der Waals surface area contributed by atoms with Gasteiger partial charge in [0.2, 0.25) is 10.0 Å². The van der Waals surface area contributed by atoms with Gasteiger partial charge in [-0.3, -0.25) is 9.69 Å². The third kappa shape index (κ3) is 6.01. The minimum atomic E-state index is -3.60. The molecule has 2 aromatic rings. The molecule has 1 amide bonds. The number of halogens is 1. The van der Waals surface area contributed by atoms with Crippen LogP contribution in [0.2, 0.25) is 5.02 Å². The first kappa shape index (κ1) is 24.5. The van der Waals surface area contributed by atoms with E-state index in [9.17, 15) is 13.2 Å². The molecular weight excluding hydrogens is 450 g/mol. The van der Waals surface area contributed by atoms with Crippen LogP contribution in [-0.2, 0) is 21.4 Å². The van der Waals surface area contributed by atoms with Crippen molar-refractivity contribution < 1.29 is 17.9 Å². The standard InChI is InChI=1S/C23H30ClN3O4S/c1-3-27(4-2)32(29,30)20-10-11-22(21(24)16-20)31-18-23(28)26-14-12-25(13-15-26)17-19-8-6-5-7-9-19/h5-11,16H,3-4,12-15,17-18H2,1-2H3. The zero-order chi connectivity index (χ0) is 23.1. The molecule has 7 nitrogen and oxygen atoms in total. The lowest BCUT2D eigenvalue weighted by atomic mass is 10.2. The van der Waals surface area contributed by atoms with E-state index in [-0.39, 0.29) is 22.4 Å². The Morgan fingerprint density at radius 2 is 1.69 bits per heavy atom. The highest BCUT2D eigenvalue weighted by Crippen LogP contribution is 2.28. The lowest BCUT2D eigenvalue weighted by molar-refractivity contribution is -0.135. The Bertz CT molecular complexity index is 1010. The van der Waals surface area contributed by atoms with Crippen LogP contribution < -0.4 is 4.74 Å². The van der Waals surface area contributed by atoms with E-state index in [1.807, 2.05) is 18.2 Å². The molecule has 0 spiro atoms. The second kappa shape index (κ2) is 11.1. The monoisotopic (exact) mass is 479 g/mol. The fraction of sp³-hybridized carbons (Fsp3) is 0.435. The maximum Gasteiger partial charge on any atom is 0.260 e. The van der Waals surface area contributed by atoms with Crippen LogP contribution >= 0.6 is 11.6 Å². The van der Waals surface area contributed by atoms with Crippen molar-refractivity contribution in [3.63, 3.8) is 0 Å². The van der Waals surface area contributed by atoms with Crippen molar-refractivity contribution in [3.05, 3.63) is 59.1 Å². The van der Waals surface area contributed by atoms with E-state index in [1.54, 1.807) is 18.7 Å². The van der Waals surface area contributed by atoms with Gasteiger partial charge in [0.1, 0.15) is 5.75 Å². The highest BCUT2D eigenvalue weighted by Gasteiger charge is 2.24. The first-order chi connectivity index (χ1) is 15.3. The van der Waals surface area contributed by atoms with Crippen molar-refractivity contribution in [1.82, 2.24) is 14.1 Å². The van der Waals surface area contributed by atoms with Gasteiger partial charge in [-0.05, 0) is 23.8 Å². The van der Waals surface area contributed by atoms with Gasteiger partial charge in [0.05, 0.1) is 9.92 Å². The van der Waals surface area contributed by atoms with Gasteiger partial charge < -0.3 is 9.64 Å². The summed E-state index contributed by atoms with van der Waals surface area (Å²) in [7, 11) is -3.60. The normalized spacial score (nSPS) is 15.2. The van der Waals surface area contributed by atoms with Gasteiger partial charge in [0.25, 0.3) is 5.91 Å². The molecule has 0 bridgehead atoms. The number of carbonyl (C=O) groups excluding carboxylic acids is 1. The van der Waals surface area contributed by atoms with E-state index < -0.39 is 10.0 Å². The van der Waals surface area contributed by atoms with Crippen LogP contribution in [0.4, 0.5) is 0 Å². The SMILES string of the molecule is CCN(CC)S(=O)(=O)c1ccc(OCC(=O)N2CCN(Cc3ccccc3)CC2)c(Cl)c1. The topological polar surface area (TPSA) is 70.2 Å². The molecule has 32 heavy (non-hydrogen) atoms. The fourth-order valence-electron chi connectivity index (χ4n) is 3.70. The van der Waals surface area contributed by atoms with E-state index in [4.69, 9.17) is 16.3 Å². The average Bonchev–Trinajstić information content (AvgIpc) is 2.80. The lowest BCUT2D eigenvalue weighted by Gasteiger charge is -2.34. The number of sulfonamides is 1. The number of amides is 1. The Morgan fingerprint density at radius 3 is 2.28 bits per heavy atom. The van der Waals surface area contributed by atoms with E-state index in [1.165, 1.54) is 28.1 Å². The molecule has 1 aliphatic rings. The fourth-order valence-corrected chi connectivity index (χ4v) is 5.48. The number of piperazine rings is 1. The summed E-state index contributed by atoms with van der Waals surface area (Å²) in [5, 5.41) is 0.165. The molecule has 0 atom stereocenters. The molecule has 0 unspecified atom stereocenters. The van der Waals surface area contributed by atoms with Crippen LogP contribution in [0.3, 0.4) is 0 Å². The number of carbonyl (C=O) groups is 1. The Morgan fingerprint density at radius 1 is 1.03 bits per heavy atom. The first-order valence-electron chi connectivity index (χ1n) is 10.8. The molecule has 0 aliphatic carbocycles. The number of benzene rings is 2. The maximum atomic E-state index is 12.6. The second-order valence-corrected chi connectivity index (χ2v) is 9.96.